The van der Waals surface area contributed by atoms with E-state index in [1.165, 1.54) is 70.6 Å². The zero-order valence-electron chi connectivity index (χ0n) is 16.9. The van der Waals surface area contributed by atoms with Gasteiger partial charge in [-0.05, 0) is 12.8 Å². The molecule has 0 aromatic carbocycles. The van der Waals surface area contributed by atoms with Crippen molar-refractivity contribution in [1.29, 1.82) is 0 Å². The predicted molar refractivity (Wildman–Crippen MR) is 108 cm³/mol. The maximum atomic E-state index is 11.0. The SMILES string of the molecule is CCCCCCCCCCCCCCCCCC(=COP(=O)(O)O)C(=O)O. The number of carboxylic acid groups (broad SMARTS) is 1. The zero-order chi connectivity index (χ0) is 20.4. The zero-order valence-corrected chi connectivity index (χ0v) is 17.8. The summed E-state index contributed by atoms with van der Waals surface area (Å²) < 4.78 is 14.8. The number of phosphoric ester groups is 1. The summed E-state index contributed by atoms with van der Waals surface area (Å²) in [5, 5.41) is 8.98. The highest BCUT2D eigenvalue weighted by atomic mass is 31.2. The second kappa shape index (κ2) is 17.3. The summed E-state index contributed by atoms with van der Waals surface area (Å²) in [6.45, 7) is 2.25. The van der Waals surface area contributed by atoms with Crippen molar-refractivity contribution in [3.8, 4) is 0 Å². The lowest BCUT2D eigenvalue weighted by atomic mass is 10.0. The van der Waals surface area contributed by atoms with Gasteiger partial charge in [0.25, 0.3) is 0 Å². The van der Waals surface area contributed by atoms with Crippen LogP contribution >= 0.6 is 7.82 Å². The molecular formula is C20H39O6P. The monoisotopic (exact) mass is 406 g/mol. The van der Waals surface area contributed by atoms with Crippen LogP contribution in [0.4, 0.5) is 0 Å². The molecule has 0 spiro atoms. The summed E-state index contributed by atoms with van der Waals surface area (Å²) in [6.07, 6.45) is 19.4. The van der Waals surface area contributed by atoms with Gasteiger partial charge in [-0.15, -0.1) is 0 Å². The standard InChI is InChI=1S/C20H39O6P/c1-2-3-4-5-6-7-8-9-10-11-12-13-14-15-16-17-19(20(21)22)18-26-27(23,24)25/h18H,2-17H2,1H3,(H,21,22)(H2,23,24,25). The van der Waals surface area contributed by atoms with E-state index >= 15 is 0 Å². The molecule has 0 rings (SSSR count). The van der Waals surface area contributed by atoms with Gasteiger partial charge in [-0.1, -0.05) is 96.8 Å². The summed E-state index contributed by atoms with van der Waals surface area (Å²) in [4.78, 5) is 28.2. The lowest BCUT2D eigenvalue weighted by molar-refractivity contribution is -0.132. The molecule has 0 aliphatic heterocycles. The van der Waals surface area contributed by atoms with Gasteiger partial charge in [0, 0.05) is 0 Å². The van der Waals surface area contributed by atoms with E-state index in [2.05, 4.69) is 11.4 Å². The molecule has 0 radical (unpaired) electrons. The van der Waals surface area contributed by atoms with E-state index in [1.807, 2.05) is 0 Å². The maximum Gasteiger partial charge on any atom is 0.524 e. The minimum Gasteiger partial charge on any atom is -0.478 e. The van der Waals surface area contributed by atoms with Crippen LogP contribution in [0.1, 0.15) is 110 Å². The van der Waals surface area contributed by atoms with Gasteiger partial charge in [0.05, 0.1) is 5.57 Å². The number of carbonyl (C=O) groups is 1. The third kappa shape index (κ3) is 19.7. The fourth-order valence-electron chi connectivity index (χ4n) is 3.04. The number of hydrogen-bond acceptors (Lipinski definition) is 3. The average Bonchev–Trinajstić information content (AvgIpc) is 2.59. The fourth-order valence-corrected chi connectivity index (χ4v) is 3.30. The summed E-state index contributed by atoms with van der Waals surface area (Å²) in [6, 6.07) is 0. The molecule has 0 saturated carbocycles. The average molecular weight is 406 g/mol. The lowest BCUT2D eigenvalue weighted by Gasteiger charge is -2.05. The van der Waals surface area contributed by atoms with Crippen molar-refractivity contribution in [2.75, 3.05) is 0 Å². The third-order valence-corrected chi connectivity index (χ3v) is 5.04. The Morgan fingerprint density at radius 3 is 1.48 bits per heavy atom. The van der Waals surface area contributed by atoms with E-state index in [1.54, 1.807) is 0 Å². The van der Waals surface area contributed by atoms with E-state index in [4.69, 9.17) is 14.9 Å². The highest BCUT2D eigenvalue weighted by molar-refractivity contribution is 7.46. The number of aliphatic carboxylic acids is 1. The summed E-state index contributed by atoms with van der Waals surface area (Å²) in [5.41, 5.74) is -0.104. The summed E-state index contributed by atoms with van der Waals surface area (Å²) in [5.74, 6) is -1.20. The first kappa shape index (κ1) is 26.2. The molecule has 0 saturated heterocycles. The Bertz CT molecular complexity index is 444. The first-order valence-electron chi connectivity index (χ1n) is 10.5. The Labute approximate surface area is 164 Å². The second-order valence-corrected chi connectivity index (χ2v) is 8.44. The molecule has 0 aromatic heterocycles. The van der Waals surface area contributed by atoms with Crippen molar-refractivity contribution in [2.45, 2.75) is 110 Å². The molecular weight excluding hydrogens is 367 g/mol. The number of phosphoric acid groups is 1. The van der Waals surface area contributed by atoms with Gasteiger partial charge in [0.15, 0.2) is 0 Å². The topological polar surface area (TPSA) is 104 Å². The normalized spacial score (nSPS) is 12.3. The summed E-state index contributed by atoms with van der Waals surface area (Å²) >= 11 is 0. The molecule has 0 amide bonds. The molecule has 0 heterocycles. The number of rotatable bonds is 19. The summed E-state index contributed by atoms with van der Waals surface area (Å²) in [7, 11) is -4.67. The largest absolute Gasteiger partial charge is 0.524 e. The van der Waals surface area contributed by atoms with E-state index in [-0.39, 0.29) is 12.0 Å². The predicted octanol–water partition coefficient (Wildman–Crippen LogP) is 6.33. The van der Waals surface area contributed by atoms with Crippen LogP contribution in [0.3, 0.4) is 0 Å². The van der Waals surface area contributed by atoms with Crippen LogP contribution in [0.25, 0.3) is 0 Å². The van der Waals surface area contributed by atoms with Crippen molar-refractivity contribution >= 4 is 13.8 Å². The molecule has 0 fully saturated rings. The van der Waals surface area contributed by atoms with Gasteiger partial charge in [-0.25, -0.2) is 9.36 Å². The van der Waals surface area contributed by atoms with Crippen LogP contribution in [0.15, 0.2) is 11.8 Å². The van der Waals surface area contributed by atoms with Gasteiger partial charge < -0.3 is 9.63 Å². The van der Waals surface area contributed by atoms with Crippen molar-refractivity contribution < 1.29 is 28.8 Å². The van der Waals surface area contributed by atoms with Crippen LogP contribution in [0, 0.1) is 0 Å². The Hall–Kier alpha value is -0.840. The molecule has 0 atom stereocenters. The van der Waals surface area contributed by atoms with Crippen molar-refractivity contribution in [1.82, 2.24) is 0 Å². The van der Waals surface area contributed by atoms with Crippen LogP contribution < -0.4 is 0 Å². The van der Waals surface area contributed by atoms with E-state index < -0.39 is 13.8 Å². The highest BCUT2D eigenvalue weighted by Gasteiger charge is 2.15. The maximum absolute atomic E-state index is 11.0. The molecule has 3 N–H and O–H groups in total. The number of unbranched alkanes of at least 4 members (excludes halogenated alkanes) is 14. The molecule has 0 bridgehead atoms. The smallest absolute Gasteiger partial charge is 0.478 e. The molecule has 27 heavy (non-hydrogen) atoms. The first-order valence-corrected chi connectivity index (χ1v) is 12.1. The minimum atomic E-state index is -4.67. The first-order chi connectivity index (χ1) is 12.9. The van der Waals surface area contributed by atoms with E-state index in [0.29, 0.717) is 12.7 Å². The Morgan fingerprint density at radius 1 is 0.778 bits per heavy atom. The quantitative estimate of drug-likeness (QED) is 0.100. The van der Waals surface area contributed by atoms with E-state index in [9.17, 15) is 9.36 Å². The lowest BCUT2D eigenvalue weighted by Crippen LogP contribution is -2.01. The van der Waals surface area contributed by atoms with Crippen molar-refractivity contribution in [3.05, 3.63) is 11.8 Å². The molecule has 0 aromatic rings. The third-order valence-electron chi connectivity index (χ3n) is 4.66. The van der Waals surface area contributed by atoms with Gasteiger partial charge >= 0.3 is 13.8 Å². The van der Waals surface area contributed by atoms with Gasteiger partial charge in [-0.2, -0.15) is 0 Å². The Kier molecular flexibility index (Phi) is 16.7. The van der Waals surface area contributed by atoms with Crippen molar-refractivity contribution in [2.24, 2.45) is 0 Å². The number of hydrogen-bond donors (Lipinski definition) is 3. The van der Waals surface area contributed by atoms with Gasteiger partial charge in [0.2, 0.25) is 0 Å². The fraction of sp³-hybridized carbons (Fsp3) is 0.850. The molecule has 0 aliphatic rings. The number of carboxylic acids is 1. The van der Waals surface area contributed by atoms with Crippen LogP contribution in [-0.2, 0) is 13.9 Å². The van der Waals surface area contributed by atoms with E-state index in [0.717, 1.165) is 19.3 Å². The Morgan fingerprint density at radius 2 is 1.15 bits per heavy atom. The highest BCUT2D eigenvalue weighted by Crippen LogP contribution is 2.36. The molecule has 160 valence electrons. The molecule has 0 aliphatic carbocycles. The molecule has 7 heteroatoms. The minimum absolute atomic E-state index is 0.104. The van der Waals surface area contributed by atoms with Crippen LogP contribution in [-0.4, -0.2) is 20.9 Å². The Balaban J connectivity index is 3.48. The van der Waals surface area contributed by atoms with Gasteiger partial charge in [-0.3, -0.25) is 9.79 Å². The van der Waals surface area contributed by atoms with Crippen LogP contribution in [0.5, 0.6) is 0 Å². The van der Waals surface area contributed by atoms with Crippen molar-refractivity contribution in [3.63, 3.8) is 0 Å². The van der Waals surface area contributed by atoms with Crippen LogP contribution in [0.2, 0.25) is 0 Å². The van der Waals surface area contributed by atoms with Gasteiger partial charge in [0.1, 0.15) is 6.26 Å². The molecule has 6 nitrogen and oxygen atoms in total. The second-order valence-electron chi connectivity index (χ2n) is 7.24. The molecule has 0 unspecified atom stereocenters.